The summed E-state index contributed by atoms with van der Waals surface area (Å²) < 4.78 is 0. The van der Waals surface area contributed by atoms with E-state index >= 15 is 0 Å². The van der Waals surface area contributed by atoms with Gasteiger partial charge in [0.05, 0.1) is 15.9 Å². The summed E-state index contributed by atoms with van der Waals surface area (Å²) in [6, 6.07) is 9.12. The third kappa shape index (κ3) is 1.58. The van der Waals surface area contributed by atoms with Gasteiger partial charge in [0, 0.05) is 6.07 Å². The van der Waals surface area contributed by atoms with Crippen LogP contribution in [0.4, 0.5) is 5.69 Å². The quantitative estimate of drug-likeness (QED) is 0.618. The number of carboxylic acid groups (broad SMARTS) is 1. The average molecular weight is 217 g/mol. The van der Waals surface area contributed by atoms with E-state index in [4.69, 9.17) is 5.11 Å². The van der Waals surface area contributed by atoms with Crippen LogP contribution in [0.3, 0.4) is 0 Å². The Morgan fingerprint density at radius 2 is 1.94 bits per heavy atom. The van der Waals surface area contributed by atoms with Gasteiger partial charge in [-0.1, -0.05) is 18.2 Å². The first-order chi connectivity index (χ1) is 7.59. The topological polar surface area (TPSA) is 80.4 Å². The highest BCUT2D eigenvalue weighted by atomic mass is 16.6. The van der Waals surface area contributed by atoms with Gasteiger partial charge in [-0.3, -0.25) is 10.1 Å². The van der Waals surface area contributed by atoms with E-state index in [9.17, 15) is 14.9 Å². The molecule has 0 aliphatic heterocycles. The fraction of sp³-hybridized carbons (Fsp3) is 0. The Morgan fingerprint density at radius 3 is 2.56 bits per heavy atom. The molecule has 0 amide bonds. The van der Waals surface area contributed by atoms with Crippen molar-refractivity contribution in [1.29, 1.82) is 0 Å². The van der Waals surface area contributed by atoms with Crippen LogP contribution in [0.15, 0.2) is 36.4 Å². The number of hydrogen-bond donors (Lipinski definition) is 1. The molecule has 2 rings (SSSR count). The van der Waals surface area contributed by atoms with Crippen molar-refractivity contribution in [2.24, 2.45) is 0 Å². The predicted molar refractivity (Wildman–Crippen MR) is 57.6 cm³/mol. The maximum Gasteiger partial charge on any atom is 0.335 e. The highest BCUT2D eigenvalue weighted by molar-refractivity contribution is 5.99. The Labute approximate surface area is 90.1 Å². The third-order valence-corrected chi connectivity index (χ3v) is 2.28. The van der Waals surface area contributed by atoms with Crippen LogP contribution in [-0.4, -0.2) is 16.0 Å². The van der Waals surface area contributed by atoms with Gasteiger partial charge in [0.15, 0.2) is 0 Å². The molecule has 2 aromatic rings. The Kier molecular flexibility index (Phi) is 2.28. The van der Waals surface area contributed by atoms with Gasteiger partial charge in [-0.15, -0.1) is 0 Å². The fourth-order valence-corrected chi connectivity index (χ4v) is 1.56. The number of carbonyl (C=O) groups is 1. The summed E-state index contributed by atoms with van der Waals surface area (Å²) in [7, 11) is 0. The van der Waals surface area contributed by atoms with Gasteiger partial charge in [-0.25, -0.2) is 4.79 Å². The molecular weight excluding hydrogens is 210 g/mol. The first-order valence-electron chi connectivity index (χ1n) is 4.50. The first-order valence-corrected chi connectivity index (χ1v) is 4.50. The lowest BCUT2D eigenvalue weighted by molar-refractivity contribution is -0.383. The summed E-state index contributed by atoms with van der Waals surface area (Å²) in [5, 5.41) is 20.6. The maximum absolute atomic E-state index is 10.8. The summed E-state index contributed by atoms with van der Waals surface area (Å²) in [6.45, 7) is 0. The van der Waals surface area contributed by atoms with Crippen LogP contribution in [-0.2, 0) is 0 Å². The van der Waals surface area contributed by atoms with E-state index in [0.29, 0.717) is 10.8 Å². The second-order valence-electron chi connectivity index (χ2n) is 3.28. The Balaban J connectivity index is 2.84. The summed E-state index contributed by atoms with van der Waals surface area (Å²) in [5.74, 6) is -1.17. The molecule has 0 aliphatic rings. The van der Waals surface area contributed by atoms with Crippen molar-refractivity contribution < 1.29 is 14.8 Å². The van der Waals surface area contributed by atoms with Crippen LogP contribution < -0.4 is 0 Å². The highest BCUT2D eigenvalue weighted by Crippen LogP contribution is 2.27. The summed E-state index contributed by atoms with van der Waals surface area (Å²) >= 11 is 0. The van der Waals surface area contributed by atoms with Crippen molar-refractivity contribution in [3.8, 4) is 0 Å². The molecule has 0 saturated carbocycles. The number of benzene rings is 2. The zero-order valence-electron chi connectivity index (χ0n) is 8.08. The van der Waals surface area contributed by atoms with Gasteiger partial charge in [0.2, 0.25) is 0 Å². The molecule has 80 valence electrons. The van der Waals surface area contributed by atoms with Crippen LogP contribution in [0.5, 0.6) is 0 Å². The molecule has 1 N–H and O–H groups in total. The number of aromatic carboxylic acids is 1. The molecule has 0 heterocycles. The zero-order chi connectivity index (χ0) is 11.7. The van der Waals surface area contributed by atoms with Gasteiger partial charge in [0.1, 0.15) is 0 Å². The highest BCUT2D eigenvalue weighted by Gasteiger charge is 2.15. The lowest BCUT2D eigenvalue weighted by Crippen LogP contribution is -1.98. The lowest BCUT2D eigenvalue weighted by atomic mass is 10.1. The molecule has 0 aliphatic carbocycles. The first kappa shape index (κ1) is 10.1. The Bertz CT molecular complexity index is 592. The summed E-state index contributed by atoms with van der Waals surface area (Å²) in [5.41, 5.74) is -0.263. The van der Waals surface area contributed by atoms with Crippen LogP contribution in [0.2, 0.25) is 0 Å². The standard InChI is InChI=1S/C11H7NO4/c13-11(14)8-5-7-3-1-2-4-9(7)10(6-8)12(15)16/h1-6H,(H,13,14). The van der Waals surface area contributed by atoms with Gasteiger partial charge in [-0.2, -0.15) is 0 Å². The van der Waals surface area contributed by atoms with Crippen molar-refractivity contribution in [2.75, 3.05) is 0 Å². The number of hydrogen-bond acceptors (Lipinski definition) is 3. The molecule has 0 spiro atoms. The van der Waals surface area contributed by atoms with Gasteiger partial charge in [-0.05, 0) is 17.5 Å². The van der Waals surface area contributed by atoms with Crippen LogP contribution >= 0.6 is 0 Å². The SMILES string of the molecule is O=C(O)c1cc([N+](=O)[O-])c2ccccc2c1. The Hall–Kier alpha value is -2.43. The number of carboxylic acids is 1. The third-order valence-electron chi connectivity index (χ3n) is 2.28. The van der Waals surface area contributed by atoms with Crippen molar-refractivity contribution in [3.05, 3.63) is 52.1 Å². The Morgan fingerprint density at radius 1 is 1.25 bits per heavy atom. The predicted octanol–water partition coefficient (Wildman–Crippen LogP) is 2.45. The molecule has 16 heavy (non-hydrogen) atoms. The van der Waals surface area contributed by atoms with Gasteiger partial charge < -0.3 is 5.11 Å². The molecule has 5 heteroatoms. The molecule has 5 nitrogen and oxygen atoms in total. The van der Waals surface area contributed by atoms with E-state index in [2.05, 4.69) is 0 Å². The largest absolute Gasteiger partial charge is 0.478 e. The maximum atomic E-state index is 10.8. The molecule has 2 aromatic carbocycles. The van der Waals surface area contributed by atoms with E-state index in [-0.39, 0.29) is 11.3 Å². The molecular formula is C11H7NO4. The van der Waals surface area contributed by atoms with Crippen molar-refractivity contribution in [2.45, 2.75) is 0 Å². The minimum absolute atomic E-state index is 0.0783. The number of fused-ring (bicyclic) bond motifs is 1. The zero-order valence-corrected chi connectivity index (χ0v) is 8.08. The number of nitro benzene ring substituents is 1. The number of non-ortho nitro benzene ring substituents is 1. The molecule has 0 aromatic heterocycles. The summed E-state index contributed by atoms with van der Waals surface area (Å²) in [4.78, 5) is 21.0. The number of nitrogens with zero attached hydrogens (tertiary/aromatic N) is 1. The smallest absolute Gasteiger partial charge is 0.335 e. The van der Waals surface area contributed by atoms with Crippen molar-refractivity contribution >= 4 is 22.4 Å². The van der Waals surface area contributed by atoms with Crippen molar-refractivity contribution in [3.63, 3.8) is 0 Å². The minimum atomic E-state index is -1.17. The summed E-state index contributed by atoms with van der Waals surface area (Å²) in [6.07, 6.45) is 0. The monoisotopic (exact) mass is 217 g/mol. The molecule has 0 fully saturated rings. The van der Waals surface area contributed by atoms with E-state index in [0.717, 1.165) is 6.07 Å². The molecule has 0 unspecified atom stereocenters. The van der Waals surface area contributed by atoms with E-state index in [1.54, 1.807) is 24.3 Å². The van der Waals surface area contributed by atoms with Crippen LogP contribution in [0.1, 0.15) is 10.4 Å². The fourth-order valence-electron chi connectivity index (χ4n) is 1.56. The van der Waals surface area contributed by atoms with E-state index < -0.39 is 10.9 Å². The number of rotatable bonds is 2. The van der Waals surface area contributed by atoms with Crippen LogP contribution in [0, 0.1) is 10.1 Å². The van der Waals surface area contributed by atoms with E-state index in [1.807, 2.05) is 0 Å². The molecule has 0 atom stereocenters. The van der Waals surface area contributed by atoms with E-state index in [1.165, 1.54) is 6.07 Å². The number of nitro groups is 1. The average Bonchev–Trinajstić information content (AvgIpc) is 2.27. The lowest BCUT2D eigenvalue weighted by Gasteiger charge is -2.01. The second-order valence-corrected chi connectivity index (χ2v) is 3.28. The molecule has 0 saturated heterocycles. The van der Waals surface area contributed by atoms with Gasteiger partial charge >= 0.3 is 5.97 Å². The van der Waals surface area contributed by atoms with Gasteiger partial charge in [0.25, 0.3) is 5.69 Å². The second kappa shape index (κ2) is 3.62. The normalized spacial score (nSPS) is 10.2. The molecule has 0 bridgehead atoms. The minimum Gasteiger partial charge on any atom is -0.478 e. The molecule has 0 radical (unpaired) electrons. The van der Waals surface area contributed by atoms with Crippen LogP contribution in [0.25, 0.3) is 10.8 Å². The van der Waals surface area contributed by atoms with Crippen molar-refractivity contribution in [1.82, 2.24) is 0 Å².